The Labute approximate surface area is 421 Å². The molecule has 6 atom stereocenters. The Hall–Kier alpha value is -8.17. The average Bonchev–Trinajstić information content (AvgIpc) is 3.38. The number of amides is 2. The third kappa shape index (κ3) is 12.2. The van der Waals surface area contributed by atoms with Crippen LogP contribution in [0.2, 0.25) is 0 Å². The minimum absolute atomic E-state index is 0.252. The van der Waals surface area contributed by atoms with Crippen LogP contribution < -0.4 is 30.7 Å². The van der Waals surface area contributed by atoms with Gasteiger partial charge >= 0.3 is 11.9 Å². The van der Waals surface area contributed by atoms with E-state index in [1.54, 1.807) is 76.2 Å². The molecule has 0 saturated carbocycles. The van der Waals surface area contributed by atoms with Gasteiger partial charge < -0.3 is 30.4 Å². The van der Waals surface area contributed by atoms with Gasteiger partial charge in [-0.2, -0.15) is 0 Å². The minimum atomic E-state index is -3.11. The van der Waals surface area contributed by atoms with Crippen LogP contribution in [-0.2, 0) is 43.0 Å². The van der Waals surface area contributed by atoms with E-state index in [-0.39, 0.29) is 22.7 Å². The second-order valence-corrected chi connectivity index (χ2v) is 17.6. The van der Waals surface area contributed by atoms with Crippen LogP contribution in [0, 0.1) is 35.1 Å². The van der Waals surface area contributed by atoms with Gasteiger partial charge in [-0.15, -0.1) is 0 Å². The number of ether oxygens (including phenoxy) is 4. The molecule has 21 heteroatoms. The average molecular weight is 1030 g/mol. The van der Waals surface area contributed by atoms with Gasteiger partial charge in [0.1, 0.15) is 23.7 Å². The zero-order chi connectivity index (χ0) is 54.1. The smallest absolute Gasteiger partial charge is 0.308 e. The molecule has 2 unspecified atom stereocenters. The molecule has 0 aliphatic rings. The first kappa shape index (κ1) is 55.1. The van der Waals surface area contributed by atoms with Crippen LogP contribution in [0.15, 0.2) is 109 Å². The molecular weight excluding hydrogens is 973 g/mol. The molecule has 0 spiro atoms. The molecule has 2 amide bonds. The van der Waals surface area contributed by atoms with E-state index in [9.17, 15) is 19.2 Å². The molecule has 17 nitrogen and oxygen atoms in total. The molecule has 6 aromatic rings. The number of aromatic nitrogens is 2. The van der Waals surface area contributed by atoms with Crippen molar-refractivity contribution < 1.29 is 70.1 Å². The van der Waals surface area contributed by atoms with E-state index in [0.717, 1.165) is 26.4 Å². The fourth-order valence-corrected chi connectivity index (χ4v) is 7.67. The summed E-state index contributed by atoms with van der Waals surface area (Å²) < 4.78 is 84.3. The number of nitrogens with two attached hydrogens (primary N) is 2. The van der Waals surface area contributed by atoms with Gasteiger partial charge in [0, 0.05) is 10.8 Å². The lowest BCUT2D eigenvalue weighted by molar-refractivity contribution is -0.151. The molecule has 0 fully saturated rings. The number of hydrogen-bond donors (Lipinski definition) is 2. The highest BCUT2D eigenvalue weighted by Crippen LogP contribution is 2.32. The summed E-state index contributed by atoms with van der Waals surface area (Å²) in [6.45, 7) is 6.21. The molecule has 0 aliphatic heterocycles. The van der Waals surface area contributed by atoms with Crippen molar-refractivity contribution in [1.29, 1.82) is 0 Å². The standard InChI is InChI=1S/C53H52F4N6O11/c1-27(2)43(58)52(69)62(39-23-21-29-13-7-9-19-35(29)60-39)37(25-41(64)71-5)45(66)50(73-48-31(54)15-11-16-32(48)55)47(68)51(74-49-33(56)17-12-18-34(49)57)46(67)38(26-42(65)72-6)63(53(70)44(59)28(3)4)40-24-22-30-14-8-10-20-36(30)61-40/h7-24,27-28,37-38,43-44,50-51H,25-26,58-59H2,1-6H3/t37-,38-,43-,44-,50?,51?/m0/s1. The van der Waals surface area contributed by atoms with Crippen molar-refractivity contribution in [2.45, 2.75) is 76.9 Å². The summed E-state index contributed by atoms with van der Waals surface area (Å²) in [4.78, 5) is 114. The lowest BCUT2D eigenvalue weighted by atomic mass is 9.91. The van der Waals surface area contributed by atoms with Crippen molar-refractivity contribution in [2.75, 3.05) is 24.0 Å². The lowest BCUT2D eigenvalue weighted by Gasteiger charge is -2.36. The summed E-state index contributed by atoms with van der Waals surface area (Å²) in [6.07, 6.45) is -8.51. The van der Waals surface area contributed by atoms with Crippen molar-refractivity contribution in [3.05, 3.63) is 132 Å². The van der Waals surface area contributed by atoms with Crippen LogP contribution in [0.1, 0.15) is 40.5 Å². The fourth-order valence-electron chi connectivity index (χ4n) is 7.67. The van der Waals surface area contributed by atoms with Gasteiger partial charge in [-0.3, -0.25) is 43.4 Å². The molecule has 0 bridgehead atoms. The first-order valence-corrected chi connectivity index (χ1v) is 23.0. The fraction of sp³-hybridized carbons (Fsp3) is 0.302. The largest absolute Gasteiger partial charge is 0.469 e. The SMILES string of the molecule is COC(=O)C[C@@H](C(=O)C(Oc1c(F)cccc1F)C(=O)C(Oc1c(F)cccc1F)C(=O)[C@H](CC(=O)OC)N(C(=O)[C@@H](N)C(C)C)c1ccc2ccccc2n1)N(C(=O)[C@@H](N)C(C)C)c1ccc2ccccc2n1. The van der Waals surface area contributed by atoms with Crippen molar-refractivity contribution in [2.24, 2.45) is 23.3 Å². The predicted molar refractivity (Wildman–Crippen MR) is 261 cm³/mol. The van der Waals surface area contributed by atoms with Gasteiger partial charge in [-0.05, 0) is 72.5 Å². The molecule has 2 aromatic heterocycles. The number of halogens is 4. The monoisotopic (exact) mass is 1020 g/mol. The van der Waals surface area contributed by atoms with Crippen molar-refractivity contribution in [1.82, 2.24) is 9.97 Å². The molecule has 0 aliphatic carbocycles. The number of ketones is 3. The highest BCUT2D eigenvalue weighted by molar-refractivity contribution is 6.21. The molecule has 4 N–H and O–H groups in total. The number of hydrogen-bond acceptors (Lipinski definition) is 15. The summed E-state index contributed by atoms with van der Waals surface area (Å²) >= 11 is 0. The van der Waals surface area contributed by atoms with Crippen LogP contribution in [-0.4, -0.2) is 102 Å². The maximum atomic E-state index is 15.8. The van der Waals surface area contributed by atoms with E-state index < -0.39 is 137 Å². The van der Waals surface area contributed by atoms with E-state index in [4.69, 9.17) is 30.4 Å². The van der Waals surface area contributed by atoms with Gasteiger partial charge in [-0.25, -0.2) is 27.5 Å². The van der Waals surface area contributed by atoms with Gasteiger partial charge in [0.15, 0.2) is 34.8 Å². The molecule has 2 heterocycles. The summed E-state index contributed by atoms with van der Waals surface area (Å²) in [5.74, 6) is -21.0. The molecule has 6 rings (SSSR count). The summed E-state index contributed by atoms with van der Waals surface area (Å²) in [5.41, 5.74) is 13.3. The zero-order valence-electron chi connectivity index (χ0n) is 40.9. The number of pyridine rings is 2. The quantitative estimate of drug-likeness (QED) is 0.0441. The third-order valence-corrected chi connectivity index (χ3v) is 11.9. The van der Waals surface area contributed by atoms with Crippen molar-refractivity contribution >= 4 is 74.5 Å². The predicted octanol–water partition coefficient (Wildman–Crippen LogP) is 6.14. The van der Waals surface area contributed by atoms with Crippen LogP contribution in [0.5, 0.6) is 11.5 Å². The number of nitrogens with zero attached hydrogens (tertiary/aromatic N) is 4. The van der Waals surface area contributed by atoms with Gasteiger partial charge in [0.05, 0.1) is 50.2 Å². The summed E-state index contributed by atoms with van der Waals surface area (Å²) in [5, 5.41) is 1.08. The van der Waals surface area contributed by atoms with E-state index in [1.807, 2.05) is 0 Å². The number of Topliss-reactive ketones (excluding diaryl/α,β-unsaturated/α-hetero) is 3. The Morgan fingerprint density at radius 1 is 0.486 bits per heavy atom. The van der Waals surface area contributed by atoms with Crippen molar-refractivity contribution in [3.63, 3.8) is 0 Å². The van der Waals surface area contributed by atoms with Crippen LogP contribution in [0.4, 0.5) is 29.2 Å². The van der Waals surface area contributed by atoms with E-state index in [1.165, 1.54) is 24.3 Å². The Bertz CT molecular complexity index is 2860. The van der Waals surface area contributed by atoms with E-state index in [0.29, 0.717) is 44.8 Å². The van der Waals surface area contributed by atoms with Crippen molar-refractivity contribution in [3.8, 4) is 11.5 Å². The molecule has 0 radical (unpaired) electrons. The maximum Gasteiger partial charge on any atom is 0.308 e. The molecular formula is C53H52F4N6O11. The molecule has 0 saturated heterocycles. The van der Waals surface area contributed by atoms with Crippen LogP contribution in [0.25, 0.3) is 21.8 Å². The highest BCUT2D eigenvalue weighted by Gasteiger charge is 2.51. The number of esters is 2. The minimum Gasteiger partial charge on any atom is -0.469 e. The number of rotatable bonds is 22. The normalized spacial score (nSPS) is 13.8. The zero-order valence-corrected chi connectivity index (χ0v) is 40.9. The molecule has 388 valence electrons. The Kier molecular flexibility index (Phi) is 17.9. The Balaban J connectivity index is 1.65. The Morgan fingerprint density at radius 2 is 0.824 bits per heavy atom. The first-order valence-electron chi connectivity index (χ1n) is 23.0. The van der Waals surface area contributed by atoms with E-state index >= 15 is 31.9 Å². The second-order valence-electron chi connectivity index (χ2n) is 17.6. The number of benzene rings is 4. The lowest BCUT2D eigenvalue weighted by Crippen LogP contribution is -2.61. The number of carbonyl (C=O) groups excluding carboxylic acids is 7. The number of para-hydroxylation sites is 4. The number of carbonyl (C=O) groups is 7. The summed E-state index contributed by atoms with van der Waals surface area (Å²) in [6, 6.07) is 15.5. The van der Waals surface area contributed by atoms with Gasteiger partial charge in [-0.1, -0.05) is 76.2 Å². The third-order valence-electron chi connectivity index (χ3n) is 11.9. The first-order chi connectivity index (χ1) is 35.2. The van der Waals surface area contributed by atoms with Crippen LogP contribution >= 0.6 is 0 Å². The molecule has 4 aromatic carbocycles. The highest BCUT2D eigenvalue weighted by atomic mass is 19.1. The number of fused-ring (bicyclic) bond motifs is 2. The number of methoxy groups -OCH3 is 2. The summed E-state index contributed by atoms with van der Waals surface area (Å²) in [7, 11) is 1.85. The van der Waals surface area contributed by atoms with Crippen LogP contribution in [0.3, 0.4) is 0 Å². The molecule has 74 heavy (non-hydrogen) atoms. The van der Waals surface area contributed by atoms with Gasteiger partial charge in [0.25, 0.3) is 0 Å². The number of anilines is 2. The Morgan fingerprint density at radius 3 is 1.15 bits per heavy atom. The van der Waals surface area contributed by atoms with Gasteiger partial charge in [0.2, 0.25) is 41.4 Å². The maximum absolute atomic E-state index is 15.8. The topological polar surface area (TPSA) is 241 Å². The van der Waals surface area contributed by atoms with E-state index in [2.05, 4.69) is 9.97 Å². The second kappa shape index (κ2) is 24.0.